The molecule has 0 spiro atoms. The second-order valence-electron chi connectivity index (χ2n) is 3.32. The number of rotatable bonds is 5. The van der Waals surface area contributed by atoms with E-state index in [1.807, 2.05) is 6.26 Å². The van der Waals surface area contributed by atoms with Crippen molar-refractivity contribution < 1.29 is 13.9 Å². The molecule has 0 aliphatic carbocycles. The summed E-state index contributed by atoms with van der Waals surface area (Å²) in [6, 6.07) is 3.26. The first kappa shape index (κ1) is 12.5. The fourth-order valence-corrected chi connectivity index (χ4v) is 1.80. The minimum atomic E-state index is -0.835. The number of hydrogen-bond acceptors (Lipinski definition) is 2. The van der Waals surface area contributed by atoms with E-state index in [-0.39, 0.29) is 5.56 Å². The average molecular weight is 232 g/mol. The standard InChI is InChI=1S/C11H14F2OS/c1-15-6-2-3-11(14)9-5-4-8(12)7-10(9)13/h4-5,7,11,14H,2-3,6H2,1H3. The first-order valence-electron chi connectivity index (χ1n) is 4.77. The van der Waals surface area contributed by atoms with Gasteiger partial charge in [0.1, 0.15) is 11.6 Å². The molecule has 0 aromatic heterocycles. The molecule has 0 aliphatic heterocycles. The van der Waals surface area contributed by atoms with E-state index in [0.717, 1.165) is 24.3 Å². The van der Waals surface area contributed by atoms with Gasteiger partial charge in [-0.05, 0) is 30.9 Å². The number of halogens is 2. The number of thioether (sulfide) groups is 1. The normalized spacial score (nSPS) is 12.8. The predicted molar refractivity (Wildman–Crippen MR) is 58.9 cm³/mol. The topological polar surface area (TPSA) is 20.2 Å². The van der Waals surface area contributed by atoms with E-state index in [0.29, 0.717) is 6.42 Å². The van der Waals surface area contributed by atoms with Crippen LogP contribution in [0.5, 0.6) is 0 Å². The minimum absolute atomic E-state index is 0.178. The smallest absolute Gasteiger partial charge is 0.131 e. The van der Waals surface area contributed by atoms with Crippen molar-refractivity contribution in [3.8, 4) is 0 Å². The van der Waals surface area contributed by atoms with E-state index in [9.17, 15) is 13.9 Å². The molecule has 0 fully saturated rings. The van der Waals surface area contributed by atoms with Crippen LogP contribution in [0.4, 0.5) is 8.78 Å². The van der Waals surface area contributed by atoms with Gasteiger partial charge in [-0.3, -0.25) is 0 Å². The summed E-state index contributed by atoms with van der Waals surface area (Å²) in [5.41, 5.74) is 0.178. The Morgan fingerprint density at radius 2 is 2.13 bits per heavy atom. The Bertz CT molecular complexity index is 317. The SMILES string of the molecule is CSCCCC(O)c1ccc(F)cc1F. The number of aliphatic hydroxyl groups excluding tert-OH is 1. The van der Waals surface area contributed by atoms with Crippen LogP contribution in [0.3, 0.4) is 0 Å². The van der Waals surface area contributed by atoms with Gasteiger partial charge >= 0.3 is 0 Å². The Morgan fingerprint density at radius 3 is 2.73 bits per heavy atom. The van der Waals surface area contributed by atoms with E-state index < -0.39 is 17.7 Å². The minimum Gasteiger partial charge on any atom is -0.388 e. The van der Waals surface area contributed by atoms with Crippen LogP contribution in [0.25, 0.3) is 0 Å². The monoisotopic (exact) mass is 232 g/mol. The fourth-order valence-electron chi connectivity index (χ4n) is 1.35. The molecule has 84 valence electrons. The third-order valence-electron chi connectivity index (χ3n) is 2.15. The molecule has 0 bridgehead atoms. The Kier molecular flexibility index (Phi) is 5.05. The van der Waals surface area contributed by atoms with Gasteiger partial charge in [0.15, 0.2) is 0 Å². The lowest BCUT2D eigenvalue weighted by Crippen LogP contribution is -2.01. The van der Waals surface area contributed by atoms with Crippen LogP contribution in [-0.4, -0.2) is 17.1 Å². The lowest BCUT2D eigenvalue weighted by Gasteiger charge is -2.11. The average Bonchev–Trinajstić information content (AvgIpc) is 2.17. The van der Waals surface area contributed by atoms with Gasteiger partial charge in [-0.1, -0.05) is 6.07 Å². The number of hydrogen-bond donors (Lipinski definition) is 1. The highest BCUT2D eigenvalue weighted by Gasteiger charge is 2.12. The first-order chi connectivity index (χ1) is 7.15. The molecule has 0 saturated carbocycles. The van der Waals surface area contributed by atoms with Crippen LogP contribution in [0.1, 0.15) is 24.5 Å². The van der Waals surface area contributed by atoms with Crippen molar-refractivity contribution in [1.29, 1.82) is 0 Å². The first-order valence-corrected chi connectivity index (χ1v) is 6.16. The van der Waals surface area contributed by atoms with E-state index >= 15 is 0 Å². The molecule has 15 heavy (non-hydrogen) atoms. The molecule has 4 heteroatoms. The van der Waals surface area contributed by atoms with Crippen LogP contribution >= 0.6 is 11.8 Å². The third kappa shape index (κ3) is 3.80. The maximum atomic E-state index is 13.2. The Labute approximate surface area is 92.5 Å². The molecule has 1 nitrogen and oxygen atoms in total. The third-order valence-corrected chi connectivity index (χ3v) is 2.84. The van der Waals surface area contributed by atoms with Gasteiger partial charge < -0.3 is 5.11 Å². The van der Waals surface area contributed by atoms with Crippen molar-refractivity contribution in [2.45, 2.75) is 18.9 Å². The van der Waals surface area contributed by atoms with Gasteiger partial charge in [0.05, 0.1) is 6.10 Å². The lowest BCUT2D eigenvalue weighted by atomic mass is 10.0. The van der Waals surface area contributed by atoms with Crippen molar-refractivity contribution in [2.75, 3.05) is 12.0 Å². The van der Waals surface area contributed by atoms with Crippen molar-refractivity contribution in [1.82, 2.24) is 0 Å². The fraction of sp³-hybridized carbons (Fsp3) is 0.455. The lowest BCUT2D eigenvalue weighted by molar-refractivity contribution is 0.162. The van der Waals surface area contributed by atoms with Crippen LogP contribution in [0.15, 0.2) is 18.2 Å². The van der Waals surface area contributed by atoms with E-state index in [2.05, 4.69) is 0 Å². The highest BCUT2D eigenvalue weighted by atomic mass is 32.2. The van der Waals surface area contributed by atoms with Gasteiger partial charge in [-0.15, -0.1) is 0 Å². The summed E-state index contributed by atoms with van der Waals surface area (Å²) >= 11 is 1.68. The molecule has 1 atom stereocenters. The van der Waals surface area contributed by atoms with Gasteiger partial charge in [0, 0.05) is 11.6 Å². The molecule has 0 radical (unpaired) electrons. The largest absolute Gasteiger partial charge is 0.388 e. The highest BCUT2D eigenvalue weighted by Crippen LogP contribution is 2.22. The van der Waals surface area contributed by atoms with Crippen LogP contribution in [0, 0.1) is 11.6 Å². The Hall–Kier alpha value is -0.610. The van der Waals surface area contributed by atoms with Crippen LogP contribution in [-0.2, 0) is 0 Å². The maximum absolute atomic E-state index is 13.2. The van der Waals surface area contributed by atoms with Gasteiger partial charge in [0.25, 0.3) is 0 Å². The summed E-state index contributed by atoms with van der Waals surface area (Å²) in [7, 11) is 0. The van der Waals surface area contributed by atoms with Crippen molar-refractivity contribution in [3.05, 3.63) is 35.4 Å². The predicted octanol–water partition coefficient (Wildman–Crippen LogP) is 3.14. The molecule has 1 rings (SSSR count). The molecular weight excluding hydrogens is 218 g/mol. The van der Waals surface area contributed by atoms with Crippen LogP contribution in [0.2, 0.25) is 0 Å². The van der Waals surface area contributed by atoms with E-state index in [1.165, 1.54) is 6.07 Å². The second kappa shape index (κ2) is 6.08. The zero-order chi connectivity index (χ0) is 11.3. The van der Waals surface area contributed by atoms with Crippen molar-refractivity contribution >= 4 is 11.8 Å². The molecular formula is C11H14F2OS. The van der Waals surface area contributed by atoms with Crippen molar-refractivity contribution in [3.63, 3.8) is 0 Å². The molecule has 0 saturated heterocycles. The van der Waals surface area contributed by atoms with E-state index in [4.69, 9.17) is 0 Å². The second-order valence-corrected chi connectivity index (χ2v) is 4.30. The summed E-state index contributed by atoms with van der Waals surface area (Å²) in [5, 5.41) is 9.65. The molecule has 0 amide bonds. The quantitative estimate of drug-likeness (QED) is 0.787. The summed E-state index contributed by atoms with van der Waals surface area (Å²) < 4.78 is 25.8. The Morgan fingerprint density at radius 1 is 1.40 bits per heavy atom. The summed E-state index contributed by atoms with van der Waals surface area (Å²) in [5.74, 6) is -0.362. The molecule has 1 N–H and O–H groups in total. The number of benzene rings is 1. The summed E-state index contributed by atoms with van der Waals surface area (Å²) in [6.07, 6.45) is 2.46. The maximum Gasteiger partial charge on any atom is 0.131 e. The molecule has 0 heterocycles. The summed E-state index contributed by atoms with van der Waals surface area (Å²) in [4.78, 5) is 0. The van der Waals surface area contributed by atoms with Crippen molar-refractivity contribution in [2.24, 2.45) is 0 Å². The summed E-state index contributed by atoms with van der Waals surface area (Å²) in [6.45, 7) is 0. The zero-order valence-electron chi connectivity index (χ0n) is 8.54. The van der Waals surface area contributed by atoms with Gasteiger partial charge in [-0.2, -0.15) is 11.8 Å². The van der Waals surface area contributed by atoms with Gasteiger partial charge in [0.2, 0.25) is 0 Å². The molecule has 0 aliphatic rings. The van der Waals surface area contributed by atoms with Gasteiger partial charge in [-0.25, -0.2) is 8.78 Å². The number of aliphatic hydroxyl groups is 1. The molecule has 1 aromatic carbocycles. The zero-order valence-corrected chi connectivity index (χ0v) is 9.36. The molecule has 1 aromatic rings. The van der Waals surface area contributed by atoms with E-state index in [1.54, 1.807) is 11.8 Å². The molecule has 1 unspecified atom stereocenters. The van der Waals surface area contributed by atoms with Crippen LogP contribution < -0.4 is 0 Å². The highest BCUT2D eigenvalue weighted by molar-refractivity contribution is 7.98. The Balaban J connectivity index is 2.61.